The molecule has 1 aliphatic rings. The predicted octanol–water partition coefficient (Wildman–Crippen LogP) is 0.160. The number of carbonyl (C=O) groups excluding carboxylic acids is 3. The van der Waals surface area contributed by atoms with Gasteiger partial charge in [0.25, 0.3) is 0 Å². The molecule has 1 aliphatic heterocycles. The van der Waals surface area contributed by atoms with E-state index in [1.165, 1.54) is 22.8 Å². The van der Waals surface area contributed by atoms with Crippen LogP contribution in [0.15, 0.2) is 24.3 Å². The molecule has 124 valence electrons. The van der Waals surface area contributed by atoms with Gasteiger partial charge in [-0.25, -0.2) is 4.39 Å². The Balaban J connectivity index is 2.11. The van der Waals surface area contributed by atoms with Crippen LogP contribution in [0.4, 0.5) is 4.39 Å². The van der Waals surface area contributed by atoms with Crippen molar-refractivity contribution in [3.05, 3.63) is 35.6 Å². The lowest BCUT2D eigenvalue weighted by Gasteiger charge is -2.22. The quantitative estimate of drug-likeness (QED) is 0.861. The number of benzene rings is 1. The molecule has 7 heteroatoms. The summed E-state index contributed by atoms with van der Waals surface area (Å²) in [5, 5.41) is 0. The second-order valence-electron chi connectivity index (χ2n) is 5.67. The lowest BCUT2D eigenvalue weighted by atomic mass is 10.1. The van der Waals surface area contributed by atoms with Gasteiger partial charge in [-0.05, 0) is 11.6 Å². The summed E-state index contributed by atoms with van der Waals surface area (Å²) >= 11 is 0. The Bertz CT molecular complexity index is 620. The van der Waals surface area contributed by atoms with Gasteiger partial charge in [-0.3, -0.25) is 14.4 Å². The molecule has 0 spiro atoms. The van der Waals surface area contributed by atoms with E-state index in [0.717, 1.165) is 0 Å². The van der Waals surface area contributed by atoms with Gasteiger partial charge in [-0.2, -0.15) is 0 Å². The minimum Gasteiger partial charge on any atom is -0.369 e. The van der Waals surface area contributed by atoms with Crippen LogP contribution in [0.5, 0.6) is 0 Å². The Morgan fingerprint density at radius 2 is 1.78 bits per heavy atom. The average Bonchev–Trinajstić information content (AvgIpc) is 2.73. The maximum Gasteiger partial charge on any atom is 0.227 e. The maximum atomic E-state index is 13.7. The Hall–Kier alpha value is -2.44. The normalized spacial score (nSPS) is 18.4. The first-order valence-corrected chi connectivity index (χ1v) is 7.44. The summed E-state index contributed by atoms with van der Waals surface area (Å²) in [6.07, 6.45) is -0.0851. The van der Waals surface area contributed by atoms with Gasteiger partial charge in [0.05, 0.1) is 12.3 Å². The van der Waals surface area contributed by atoms with E-state index in [2.05, 4.69) is 0 Å². The van der Waals surface area contributed by atoms with Crippen molar-refractivity contribution < 1.29 is 18.8 Å². The highest BCUT2D eigenvalue weighted by Gasteiger charge is 2.30. The largest absolute Gasteiger partial charge is 0.369 e. The number of carbonyl (C=O) groups is 3. The molecule has 6 nitrogen and oxygen atoms in total. The first-order chi connectivity index (χ1) is 10.9. The third kappa shape index (κ3) is 4.28. The van der Waals surface area contributed by atoms with Crippen molar-refractivity contribution >= 4 is 17.7 Å². The zero-order chi connectivity index (χ0) is 17.0. The minimum absolute atomic E-state index is 0.0851. The molecule has 0 aliphatic carbocycles. The van der Waals surface area contributed by atoms with Crippen molar-refractivity contribution in [2.75, 3.05) is 26.2 Å². The van der Waals surface area contributed by atoms with Crippen molar-refractivity contribution in [3.8, 4) is 0 Å². The Labute approximate surface area is 134 Å². The summed E-state index contributed by atoms with van der Waals surface area (Å²) in [7, 11) is 0. The molecule has 1 heterocycles. The second-order valence-corrected chi connectivity index (χ2v) is 5.67. The third-order valence-corrected chi connectivity index (χ3v) is 4.02. The summed E-state index contributed by atoms with van der Waals surface area (Å²) in [6, 6.07) is 6.08. The van der Waals surface area contributed by atoms with Crippen LogP contribution in [0.1, 0.15) is 12.5 Å². The highest BCUT2D eigenvalue weighted by Crippen LogP contribution is 2.13. The SMILES string of the molecule is CC(=O)N1CCN(C(=O)Cc2ccccc2F)CC(C(N)=O)C1. The summed E-state index contributed by atoms with van der Waals surface area (Å²) < 4.78 is 13.7. The van der Waals surface area contributed by atoms with E-state index in [0.29, 0.717) is 18.7 Å². The van der Waals surface area contributed by atoms with Crippen molar-refractivity contribution in [1.29, 1.82) is 0 Å². The smallest absolute Gasteiger partial charge is 0.227 e. The van der Waals surface area contributed by atoms with Gasteiger partial charge >= 0.3 is 0 Å². The molecule has 0 bridgehead atoms. The maximum absolute atomic E-state index is 13.7. The van der Waals surface area contributed by atoms with E-state index in [-0.39, 0.29) is 31.3 Å². The van der Waals surface area contributed by atoms with Gasteiger partial charge < -0.3 is 15.5 Å². The summed E-state index contributed by atoms with van der Waals surface area (Å²) in [6.45, 7) is 2.40. The molecule has 1 aromatic carbocycles. The number of nitrogens with zero attached hydrogens (tertiary/aromatic N) is 2. The number of nitrogens with two attached hydrogens (primary N) is 1. The topological polar surface area (TPSA) is 83.7 Å². The monoisotopic (exact) mass is 321 g/mol. The average molecular weight is 321 g/mol. The number of amides is 3. The second kappa shape index (κ2) is 7.21. The van der Waals surface area contributed by atoms with E-state index in [1.807, 2.05) is 0 Å². The fourth-order valence-electron chi connectivity index (χ4n) is 2.62. The molecule has 1 saturated heterocycles. The highest BCUT2D eigenvalue weighted by molar-refractivity contribution is 5.82. The summed E-state index contributed by atoms with van der Waals surface area (Å²) in [5.74, 6) is -2.06. The molecule has 2 rings (SSSR count). The van der Waals surface area contributed by atoms with Gasteiger partial charge in [0, 0.05) is 33.1 Å². The van der Waals surface area contributed by atoms with Crippen molar-refractivity contribution in [1.82, 2.24) is 9.80 Å². The lowest BCUT2D eigenvalue weighted by Crippen LogP contribution is -2.41. The van der Waals surface area contributed by atoms with E-state index in [1.54, 1.807) is 18.2 Å². The number of hydrogen-bond donors (Lipinski definition) is 1. The molecule has 1 fully saturated rings. The molecule has 2 N–H and O–H groups in total. The van der Waals surface area contributed by atoms with Gasteiger partial charge in [-0.1, -0.05) is 18.2 Å². The Kier molecular flexibility index (Phi) is 5.31. The van der Waals surface area contributed by atoms with Gasteiger partial charge in [-0.15, -0.1) is 0 Å². The van der Waals surface area contributed by atoms with Crippen LogP contribution >= 0.6 is 0 Å². The van der Waals surface area contributed by atoms with Crippen LogP contribution in [-0.4, -0.2) is 53.7 Å². The van der Waals surface area contributed by atoms with E-state index in [9.17, 15) is 18.8 Å². The molecule has 1 aromatic rings. The van der Waals surface area contributed by atoms with Crippen molar-refractivity contribution in [3.63, 3.8) is 0 Å². The first kappa shape index (κ1) is 16.9. The zero-order valence-electron chi connectivity index (χ0n) is 13.0. The number of rotatable bonds is 3. The molecule has 1 atom stereocenters. The summed E-state index contributed by atoms with van der Waals surface area (Å²) in [5.41, 5.74) is 5.67. The van der Waals surface area contributed by atoms with E-state index >= 15 is 0 Å². The van der Waals surface area contributed by atoms with Gasteiger partial charge in [0.2, 0.25) is 17.7 Å². The standard InChI is InChI=1S/C16H20FN3O3/c1-11(21)19-6-7-20(10-13(9-19)16(18)23)15(22)8-12-4-2-3-5-14(12)17/h2-5,13H,6-10H2,1H3,(H2,18,23). The minimum atomic E-state index is -0.619. The fraction of sp³-hybridized carbons (Fsp3) is 0.438. The van der Waals surface area contributed by atoms with Crippen LogP contribution in [0, 0.1) is 11.7 Å². The highest BCUT2D eigenvalue weighted by atomic mass is 19.1. The van der Waals surface area contributed by atoms with Crippen LogP contribution < -0.4 is 5.73 Å². The zero-order valence-corrected chi connectivity index (χ0v) is 13.0. The van der Waals surface area contributed by atoms with Crippen molar-refractivity contribution in [2.24, 2.45) is 11.7 Å². The first-order valence-electron chi connectivity index (χ1n) is 7.44. The fourth-order valence-corrected chi connectivity index (χ4v) is 2.62. The molecule has 3 amide bonds. The molecule has 0 saturated carbocycles. The van der Waals surface area contributed by atoms with Crippen LogP contribution in [0.25, 0.3) is 0 Å². The third-order valence-electron chi connectivity index (χ3n) is 4.02. The Morgan fingerprint density at radius 3 is 2.39 bits per heavy atom. The van der Waals surface area contributed by atoms with Crippen LogP contribution in [0.3, 0.4) is 0 Å². The van der Waals surface area contributed by atoms with Gasteiger partial charge in [0.15, 0.2) is 0 Å². The number of primary amides is 1. The van der Waals surface area contributed by atoms with Crippen molar-refractivity contribution in [2.45, 2.75) is 13.3 Å². The molecule has 1 unspecified atom stereocenters. The van der Waals surface area contributed by atoms with Crippen LogP contribution in [0.2, 0.25) is 0 Å². The molecule has 0 radical (unpaired) electrons. The number of hydrogen-bond acceptors (Lipinski definition) is 3. The molecular formula is C16H20FN3O3. The van der Waals surface area contributed by atoms with Gasteiger partial charge in [0.1, 0.15) is 5.82 Å². The predicted molar refractivity (Wildman–Crippen MR) is 81.6 cm³/mol. The Morgan fingerprint density at radius 1 is 1.17 bits per heavy atom. The van der Waals surface area contributed by atoms with Crippen LogP contribution in [-0.2, 0) is 20.8 Å². The number of halogens is 1. The van der Waals surface area contributed by atoms with E-state index in [4.69, 9.17) is 5.73 Å². The lowest BCUT2D eigenvalue weighted by molar-refractivity contribution is -0.132. The molecular weight excluding hydrogens is 301 g/mol. The van der Waals surface area contributed by atoms with E-state index < -0.39 is 17.6 Å². The summed E-state index contributed by atoms with van der Waals surface area (Å²) in [4.78, 5) is 38.5. The molecule has 0 aromatic heterocycles. The molecule has 23 heavy (non-hydrogen) atoms.